The van der Waals surface area contributed by atoms with Gasteiger partial charge in [0.15, 0.2) is 0 Å². The molecule has 0 aliphatic carbocycles. The Morgan fingerprint density at radius 2 is 0.964 bits per heavy atom. The van der Waals surface area contributed by atoms with Gasteiger partial charge in [-0.1, -0.05) is 164 Å². The molecule has 55 heavy (non-hydrogen) atoms. The predicted octanol–water partition coefficient (Wildman–Crippen LogP) is 15.3. The fourth-order valence-electron chi connectivity index (χ4n) is 8.07. The molecule has 0 saturated heterocycles. The van der Waals surface area contributed by atoms with Crippen LogP contribution in [0, 0.1) is 0 Å². The van der Waals surface area contributed by atoms with Crippen molar-refractivity contribution in [2.45, 2.75) is 6.42 Å². The standard InChI is InChI=1S/C53H37NS/c1-2-14-38(15-3-1)39-29-31-44(32-30-39)54(50-25-9-5-17-43(50)34-37-28-33-53-49(35-37)48-23-8-11-27-52(48)55-53)51-26-10-7-22-47(51)42-20-12-19-41(36-42)46-24-13-18-40-16-4-6-21-45(40)46/h1-33,35-36H,34H2. The number of hydrogen-bond acceptors (Lipinski definition) is 2. The molecule has 0 radical (unpaired) electrons. The molecular weight excluding hydrogens is 683 g/mol. The van der Waals surface area contributed by atoms with E-state index in [9.17, 15) is 0 Å². The molecule has 0 bridgehead atoms. The number of nitrogens with zero attached hydrogens (tertiary/aromatic N) is 1. The molecule has 0 amide bonds. The van der Waals surface area contributed by atoms with Crippen LogP contribution in [0.2, 0.25) is 0 Å². The summed E-state index contributed by atoms with van der Waals surface area (Å²) in [7, 11) is 0. The van der Waals surface area contributed by atoms with Gasteiger partial charge in [0.1, 0.15) is 0 Å². The van der Waals surface area contributed by atoms with Crippen LogP contribution < -0.4 is 4.90 Å². The summed E-state index contributed by atoms with van der Waals surface area (Å²) in [4.78, 5) is 2.46. The SMILES string of the molecule is c1ccc(-c2ccc(N(c3ccccc3Cc3ccc4sc5ccccc5c4c3)c3ccccc3-c3cccc(-c4cccc5ccccc45)c3)cc2)cc1. The summed E-state index contributed by atoms with van der Waals surface area (Å²) in [6, 6.07) is 77.5. The van der Waals surface area contributed by atoms with Crippen LogP contribution in [0.25, 0.3) is 64.3 Å². The summed E-state index contributed by atoms with van der Waals surface area (Å²) in [6.45, 7) is 0. The van der Waals surface area contributed by atoms with E-state index in [4.69, 9.17) is 0 Å². The smallest absolute Gasteiger partial charge is 0.0540 e. The van der Waals surface area contributed by atoms with Crippen LogP contribution >= 0.6 is 11.3 Å². The molecule has 0 aliphatic heterocycles. The third kappa shape index (κ3) is 6.27. The van der Waals surface area contributed by atoms with Crippen molar-refractivity contribution in [2.75, 3.05) is 4.90 Å². The zero-order valence-corrected chi connectivity index (χ0v) is 31.1. The van der Waals surface area contributed by atoms with Crippen molar-refractivity contribution in [3.8, 4) is 33.4 Å². The van der Waals surface area contributed by atoms with Crippen molar-refractivity contribution in [1.82, 2.24) is 0 Å². The highest BCUT2D eigenvalue weighted by atomic mass is 32.1. The molecule has 10 aromatic rings. The van der Waals surface area contributed by atoms with Crippen LogP contribution in [-0.2, 0) is 6.42 Å². The van der Waals surface area contributed by atoms with Crippen molar-refractivity contribution in [3.63, 3.8) is 0 Å². The fourth-order valence-corrected chi connectivity index (χ4v) is 9.15. The topological polar surface area (TPSA) is 3.24 Å². The lowest BCUT2D eigenvalue weighted by atomic mass is 9.94. The van der Waals surface area contributed by atoms with Gasteiger partial charge < -0.3 is 4.90 Å². The average molecular weight is 720 g/mol. The van der Waals surface area contributed by atoms with Gasteiger partial charge in [0, 0.05) is 37.1 Å². The summed E-state index contributed by atoms with van der Waals surface area (Å²) in [5.74, 6) is 0. The van der Waals surface area contributed by atoms with E-state index >= 15 is 0 Å². The summed E-state index contributed by atoms with van der Waals surface area (Å²) in [5, 5.41) is 5.18. The van der Waals surface area contributed by atoms with E-state index in [0.717, 1.165) is 17.8 Å². The molecule has 0 spiro atoms. The first-order chi connectivity index (χ1) is 27.3. The van der Waals surface area contributed by atoms with Crippen molar-refractivity contribution in [1.29, 1.82) is 0 Å². The van der Waals surface area contributed by atoms with Crippen molar-refractivity contribution >= 4 is 59.3 Å². The quantitative estimate of drug-likeness (QED) is 0.151. The lowest BCUT2D eigenvalue weighted by molar-refractivity contribution is 1.16. The predicted molar refractivity (Wildman–Crippen MR) is 237 cm³/mol. The van der Waals surface area contributed by atoms with Gasteiger partial charge in [-0.2, -0.15) is 0 Å². The number of para-hydroxylation sites is 2. The summed E-state index contributed by atoms with van der Waals surface area (Å²) < 4.78 is 2.67. The van der Waals surface area contributed by atoms with E-state index in [1.165, 1.54) is 81.1 Å². The van der Waals surface area contributed by atoms with Gasteiger partial charge in [0.2, 0.25) is 0 Å². The van der Waals surface area contributed by atoms with Gasteiger partial charge in [-0.3, -0.25) is 0 Å². The first-order valence-corrected chi connectivity index (χ1v) is 19.7. The van der Waals surface area contributed by atoms with Gasteiger partial charge >= 0.3 is 0 Å². The first kappa shape index (κ1) is 32.9. The molecular formula is C53H37NS. The summed E-state index contributed by atoms with van der Waals surface area (Å²) in [5.41, 5.74) is 13.2. The molecule has 9 aromatic carbocycles. The number of thiophene rings is 1. The van der Waals surface area contributed by atoms with E-state index in [2.05, 4.69) is 217 Å². The molecule has 0 N–H and O–H groups in total. The monoisotopic (exact) mass is 719 g/mol. The second-order valence-electron chi connectivity index (χ2n) is 14.1. The van der Waals surface area contributed by atoms with E-state index in [1.807, 2.05) is 11.3 Å². The molecule has 1 aromatic heterocycles. The van der Waals surface area contributed by atoms with Gasteiger partial charge in [-0.05, 0) is 105 Å². The number of benzene rings is 9. The molecule has 0 saturated carbocycles. The number of anilines is 3. The lowest BCUT2D eigenvalue weighted by Crippen LogP contribution is -2.13. The van der Waals surface area contributed by atoms with E-state index in [-0.39, 0.29) is 0 Å². The molecule has 10 rings (SSSR count). The minimum absolute atomic E-state index is 0.813. The van der Waals surface area contributed by atoms with Gasteiger partial charge in [-0.25, -0.2) is 0 Å². The van der Waals surface area contributed by atoms with Crippen LogP contribution in [0.4, 0.5) is 17.1 Å². The van der Waals surface area contributed by atoms with Gasteiger partial charge in [0.25, 0.3) is 0 Å². The molecule has 0 unspecified atom stereocenters. The van der Waals surface area contributed by atoms with Crippen molar-refractivity contribution in [3.05, 3.63) is 223 Å². The highest BCUT2D eigenvalue weighted by molar-refractivity contribution is 7.25. The Kier molecular flexibility index (Phi) is 8.51. The fraction of sp³-hybridized carbons (Fsp3) is 0.0189. The van der Waals surface area contributed by atoms with E-state index in [1.54, 1.807) is 0 Å². The molecule has 1 nitrogen and oxygen atoms in total. The molecule has 0 aliphatic rings. The van der Waals surface area contributed by atoms with Crippen LogP contribution in [-0.4, -0.2) is 0 Å². The van der Waals surface area contributed by atoms with Gasteiger partial charge in [0.05, 0.1) is 5.69 Å². The average Bonchev–Trinajstić information content (AvgIpc) is 3.63. The van der Waals surface area contributed by atoms with Crippen molar-refractivity contribution in [2.24, 2.45) is 0 Å². The van der Waals surface area contributed by atoms with E-state index < -0.39 is 0 Å². The second kappa shape index (κ2) is 14.2. The minimum atomic E-state index is 0.813. The first-order valence-electron chi connectivity index (χ1n) is 18.9. The number of rotatable bonds is 8. The minimum Gasteiger partial charge on any atom is -0.310 e. The number of hydrogen-bond donors (Lipinski definition) is 0. The Bertz CT molecular complexity index is 2950. The van der Waals surface area contributed by atoms with Crippen LogP contribution in [0.1, 0.15) is 11.1 Å². The maximum Gasteiger partial charge on any atom is 0.0540 e. The molecule has 1 heterocycles. The Morgan fingerprint density at radius 3 is 1.84 bits per heavy atom. The maximum absolute atomic E-state index is 2.46. The third-order valence-electron chi connectivity index (χ3n) is 10.7. The Balaban J connectivity index is 1.12. The zero-order valence-electron chi connectivity index (χ0n) is 30.3. The molecule has 0 fully saturated rings. The van der Waals surface area contributed by atoms with Crippen molar-refractivity contribution < 1.29 is 0 Å². The lowest BCUT2D eigenvalue weighted by Gasteiger charge is -2.30. The summed E-state index contributed by atoms with van der Waals surface area (Å²) >= 11 is 1.87. The summed E-state index contributed by atoms with van der Waals surface area (Å²) in [6.07, 6.45) is 0.813. The molecule has 0 atom stereocenters. The van der Waals surface area contributed by atoms with E-state index in [0.29, 0.717) is 0 Å². The zero-order chi connectivity index (χ0) is 36.6. The Hall–Kier alpha value is -6.74. The highest BCUT2D eigenvalue weighted by Gasteiger charge is 2.20. The maximum atomic E-state index is 2.46. The molecule has 260 valence electrons. The Labute approximate surface area is 326 Å². The highest BCUT2D eigenvalue weighted by Crippen LogP contribution is 2.44. The second-order valence-corrected chi connectivity index (χ2v) is 15.2. The van der Waals surface area contributed by atoms with Crippen LogP contribution in [0.15, 0.2) is 212 Å². The van der Waals surface area contributed by atoms with Gasteiger partial charge in [-0.15, -0.1) is 11.3 Å². The normalized spacial score (nSPS) is 11.3. The third-order valence-corrected chi connectivity index (χ3v) is 11.9. The molecule has 2 heteroatoms. The largest absolute Gasteiger partial charge is 0.310 e. The Morgan fingerprint density at radius 1 is 0.364 bits per heavy atom. The number of fused-ring (bicyclic) bond motifs is 4. The van der Waals surface area contributed by atoms with Crippen LogP contribution in [0.3, 0.4) is 0 Å². The van der Waals surface area contributed by atoms with Crippen LogP contribution in [0.5, 0.6) is 0 Å².